The Morgan fingerprint density at radius 3 is 2.52 bits per heavy atom. The third kappa shape index (κ3) is 4.14. The average Bonchev–Trinajstić information content (AvgIpc) is 3.26. The van der Waals surface area contributed by atoms with Crippen molar-refractivity contribution < 1.29 is 26.3 Å². The topological polar surface area (TPSA) is 72.0 Å². The van der Waals surface area contributed by atoms with Crippen molar-refractivity contribution >= 4 is 21.4 Å². The first-order valence-electron chi connectivity index (χ1n) is 8.15. The number of benzene rings is 1. The molecule has 148 valence electrons. The van der Waals surface area contributed by atoms with Crippen molar-refractivity contribution in [1.29, 1.82) is 0 Å². The molecule has 1 aromatic heterocycles. The number of aromatic nitrogens is 2. The SMILES string of the molecule is Cc1[nH]c(C(OCC2(C(F)F)CC2)c2ccc(F)c(Cl)c2)nc1S(C)(=O)=O. The summed E-state index contributed by atoms with van der Waals surface area (Å²) in [6, 6.07) is 3.83. The van der Waals surface area contributed by atoms with E-state index in [1.807, 2.05) is 0 Å². The lowest BCUT2D eigenvalue weighted by Crippen LogP contribution is -2.22. The Morgan fingerprint density at radius 2 is 2.04 bits per heavy atom. The number of hydrogen-bond acceptors (Lipinski definition) is 4. The van der Waals surface area contributed by atoms with Crippen molar-refractivity contribution in [2.24, 2.45) is 5.41 Å². The normalized spacial score (nSPS) is 17.3. The monoisotopic (exact) mass is 422 g/mol. The quantitative estimate of drug-likeness (QED) is 0.730. The van der Waals surface area contributed by atoms with Gasteiger partial charge in [0.25, 0.3) is 0 Å². The summed E-state index contributed by atoms with van der Waals surface area (Å²) in [5.74, 6) is -0.515. The van der Waals surface area contributed by atoms with Crippen molar-refractivity contribution in [1.82, 2.24) is 9.97 Å². The zero-order chi connectivity index (χ0) is 20.0. The molecule has 2 aromatic rings. The molecule has 0 bridgehead atoms. The lowest BCUT2D eigenvalue weighted by atomic mass is 10.1. The van der Waals surface area contributed by atoms with Crippen molar-refractivity contribution in [3.05, 3.63) is 46.1 Å². The molecule has 1 heterocycles. The Morgan fingerprint density at radius 1 is 1.37 bits per heavy atom. The van der Waals surface area contributed by atoms with E-state index in [-0.39, 0.29) is 22.5 Å². The van der Waals surface area contributed by atoms with E-state index in [4.69, 9.17) is 16.3 Å². The Kier molecular flexibility index (Phi) is 5.31. The molecule has 1 saturated carbocycles. The molecule has 1 aromatic carbocycles. The van der Waals surface area contributed by atoms with Crippen molar-refractivity contribution in [2.45, 2.75) is 37.3 Å². The second-order valence-electron chi connectivity index (χ2n) is 6.85. The molecule has 1 N–H and O–H groups in total. The highest BCUT2D eigenvalue weighted by Crippen LogP contribution is 2.51. The van der Waals surface area contributed by atoms with Crippen LogP contribution in [0.3, 0.4) is 0 Å². The highest BCUT2D eigenvalue weighted by Gasteiger charge is 2.51. The second kappa shape index (κ2) is 7.10. The summed E-state index contributed by atoms with van der Waals surface area (Å²) in [4.78, 5) is 6.91. The molecule has 5 nitrogen and oxygen atoms in total. The molecular weight excluding hydrogens is 405 g/mol. The van der Waals surface area contributed by atoms with Gasteiger partial charge in [0, 0.05) is 6.26 Å². The van der Waals surface area contributed by atoms with Gasteiger partial charge >= 0.3 is 0 Å². The van der Waals surface area contributed by atoms with Crippen LogP contribution in [0.2, 0.25) is 5.02 Å². The van der Waals surface area contributed by atoms with E-state index in [2.05, 4.69) is 9.97 Å². The third-order valence-electron chi connectivity index (χ3n) is 4.60. The largest absolute Gasteiger partial charge is 0.365 e. The van der Waals surface area contributed by atoms with Gasteiger partial charge in [0.1, 0.15) is 17.7 Å². The summed E-state index contributed by atoms with van der Waals surface area (Å²) >= 11 is 5.83. The molecule has 10 heteroatoms. The van der Waals surface area contributed by atoms with Gasteiger partial charge in [-0.2, -0.15) is 0 Å². The maximum Gasteiger partial charge on any atom is 0.246 e. The van der Waals surface area contributed by atoms with E-state index in [1.54, 1.807) is 0 Å². The van der Waals surface area contributed by atoms with E-state index in [0.29, 0.717) is 24.1 Å². The number of nitrogens with one attached hydrogen (secondary N) is 1. The first kappa shape index (κ1) is 20.2. The summed E-state index contributed by atoms with van der Waals surface area (Å²) in [6.45, 7) is 1.29. The van der Waals surface area contributed by atoms with Crippen LogP contribution in [0.1, 0.15) is 36.0 Å². The van der Waals surface area contributed by atoms with Crippen molar-refractivity contribution in [3.63, 3.8) is 0 Å². The van der Waals surface area contributed by atoms with E-state index >= 15 is 0 Å². The number of nitrogens with zero attached hydrogens (tertiary/aromatic N) is 1. The van der Waals surface area contributed by atoms with Crippen LogP contribution >= 0.6 is 11.6 Å². The van der Waals surface area contributed by atoms with Gasteiger partial charge in [-0.3, -0.25) is 0 Å². The fraction of sp³-hybridized carbons (Fsp3) is 0.471. The lowest BCUT2D eigenvalue weighted by molar-refractivity contribution is -0.0280. The molecule has 0 radical (unpaired) electrons. The summed E-state index contributed by atoms with van der Waals surface area (Å²) in [5, 5.41) is -0.322. The number of imidazole rings is 1. The first-order chi connectivity index (χ1) is 12.5. The van der Waals surface area contributed by atoms with Crippen LogP contribution in [0.15, 0.2) is 23.2 Å². The fourth-order valence-electron chi connectivity index (χ4n) is 2.80. The highest BCUT2D eigenvalue weighted by molar-refractivity contribution is 7.90. The minimum absolute atomic E-state index is 0.126. The highest BCUT2D eigenvalue weighted by atomic mass is 35.5. The predicted molar refractivity (Wildman–Crippen MR) is 93.3 cm³/mol. The Hall–Kier alpha value is -1.58. The van der Waals surface area contributed by atoms with Crippen LogP contribution < -0.4 is 0 Å². The zero-order valence-electron chi connectivity index (χ0n) is 14.6. The predicted octanol–water partition coefficient (Wildman–Crippen LogP) is 4.07. The standard InChI is InChI=1S/C17H18ClF3N2O3S/c1-9-15(27(2,24)25)23-14(22-9)13(10-3-4-12(19)11(18)7-10)26-8-17(5-6-17)16(20)21/h3-4,7,13,16H,5-6,8H2,1-2H3,(H,22,23). The van der Waals surface area contributed by atoms with Crippen LogP contribution in [0.5, 0.6) is 0 Å². The number of sulfone groups is 1. The van der Waals surface area contributed by atoms with Gasteiger partial charge in [-0.1, -0.05) is 17.7 Å². The molecule has 0 amide bonds. The molecular formula is C17H18ClF3N2O3S. The molecule has 0 aliphatic heterocycles. The molecule has 3 rings (SSSR count). The summed E-state index contributed by atoms with van der Waals surface area (Å²) in [5.41, 5.74) is -0.534. The third-order valence-corrected chi connectivity index (χ3v) is 5.99. The van der Waals surface area contributed by atoms with E-state index in [1.165, 1.54) is 19.1 Å². The van der Waals surface area contributed by atoms with Gasteiger partial charge in [0.15, 0.2) is 14.9 Å². The van der Waals surface area contributed by atoms with E-state index in [0.717, 1.165) is 12.3 Å². The van der Waals surface area contributed by atoms with Gasteiger partial charge in [0.05, 0.1) is 22.7 Å². The molecule has 0 spiro atoms. The smallest absolute Gasteiger partial charge is 0.246 e. The Balaban J connectivity index is 1.98. The Bertz CT molecular complexity index is 958. The second-order valence-corrected chi connectivity index (χ2v) is 9.19. The summed E-state index contributed by atoms with van der Waals surface area (Å²) < 4.78 is 69.4. The molecule has 0 saturated heterocycles. The van der Waals surface area contributed by atoms with Gasteiger partial charge in [-0.05, 0) is 37.5 Å². The summed E-state index contributed by atoms with van der Waals surface area (Å²) in [7, 11) is -3.59. The van der Waals surface area contributed by atoms with Crippen LogP contribution in [-0.2, 0) is 14.6 Å². The zero-order valence-corrected chi connectivity index (χ0v) is 16.2. The van der Waals surface area contributed by atoms with Crippen molar-refractivity contribution in [3.8, 4) is 0 Å². The first-order valence-corrected chi connectivity index (χ1v) is 10.4. The van der Waals surface area contributed by atoms with Crippen LogP contribution in [0.4, 0.5) is 13.2 Å². The minimum atomic E-state index is -3.59. The number of halogens is 4. The number of hydrogen-bond donors (Lipinski definition) is 1. The average molecular weight is 423 g/mol. The maximum atomic E-state index is 13.5. The lowest BCUT2D eigenvalue weighted by Gasteiger charge is -2.21. The fourth-order valence-corrected chi connectivity index (χ4v) is 3.86. The number of H-pyrrole nitrogens is 1. The van der Waals surface area contributed by atoms with Crippen LogP contribution in [-0.4, -0.2) is 37.7 Å². The van der Waals surface area contributed by atoms with Crippen LogP contribution in [0, 0.1) is 18.2 Å². The minimum Gasteiger partial charge on any atom is -0.365 e. The van der Waals surface area contributed by atoms with Gasteiger partial charge in [-0.15, -0.1) is 0 Å². The van der Waals surface area contributed by atoms with Gasteiger partial charge in [-0.25, -0.2) is 26.6 Å². The molecule has 1 fully saturated rings. The van der Waals surface area contributed by atoms with Crippen LogP contribution in [0.25, 0.3) is 0 Å². The Labute approximate surface area is 159 Å². The number of aryl methyl sites for hydroxylation is 1. The summed E-state index contributed by atoms with van der Waals surface area (Å²) in [6.07, 6.45) is -1.82. The van der Waals surface area contributed by atoms with E-state index in [9.17, 15) is 21.6 Å². The van der Waals surface area contributed by atoms with Gasteiger partial charge in [0.2, 0.25) is 6.43 Å². The van der Waals surface area contributed by atoms with Crippen molar-refractivity contribution in [2.75, 3.05) is 12.9 Å². The number of aromatic amines is 1. The van der Waals surface area contributed by atoms with E-state index < -0.39 is 33.6 Å². The molecule has 1 aliphatic rings. The molecule has 27 heavy (non-hydrogen) atoms. The molecule has 1 unspecified atom stereocenters. The molecule has 1 aliphatic carbocycles. The maximum absolute atomic E-state index is 13.5. The number of rotatable bonds is 7. The number of ether oxygens (including phenoxy) is 1. The molecule has 1 atom stereocenters. The van der Waals surface area contributed by atoms with Gasteiger partial charge < -0.3 is 9.72 Å². The number of alkyl halides is 2.